The highest BCUT2D eigenvalue weighted by Gasteiger charge is 2.02. The van der Waals surface area contributed by atoms with Crippen LogP contribution in [0.3, 0.4) is 0 Å². The Labute approximate surface area is 86.6 Å². The van der Waals surface area contributed by atoms with Gasteiger partial charge in [-0.3, -0.25) is 4.98 Å². The molecule has 0 radical (unpaired) electrons. The zero-order chi connectivity index (χ0) is 10.7. The Balaban J connectivity index is 2.38. The fraction of sp³-hybridized carbons (Fsp3) is 0.0909. The van der Waals surface area contributed by atoms with Crippen molar-refractivity contribution in [3.8, 4) is 0 Å². The number of rotatable bonds is 2. The minimum atomic E-state index is -1.03. The molecule has 2 aromatic rings. The molecule has 0 fully saturated rings. The van der Waals surface area contributed by atoms with Gasteiger partial charge in [0.2, 0.25) is 0 Å². The molecule has 0 saturated carbocycles. The first-order chi connectivity index (χ1) is 7.27. The number of pyridine rings is 1. The van der Waals surface area contributed by atoms with Crippen LogP contribution in [0, 0.1) is 0 Å². The Morgan fingerprint density at radius 1 is 1.33 bits per heavy atom. The van der Waals surface area contributed by atoms with Crippen molar-refractivity contribution in [1.82, 2.24) is 10.3 Å². The predicted molar refractivity (Wildman–Crippen MR) is 56.6 cm³/mol. The van der Waals surface area contributed by atoms with Crippen LogP contribution in [0.4, 0.5) is 4.79 Å². The summed E-state index contributed by atoms with van der Waals surface area (Å²) in [5.74, 6) is 0. The highest BCUT2D eigenvalue weighted by molar-refractivity contribution is 5.81. The molecule has 2 N–H and O–H groups in total. The van der Waals surface area contributed by atoms with Crippen LogP contribution in [0.5, 0.6) is 0 Å². The average Bonchev–Trinajstić information content (AvgIpc) is 2.26. The second kappa shape index (κ2) is 3.96. The van der Waals surface area contributed by atoms with Crippen LogP contribution in [0.2, 0.25) is 0 Å². The zero-order valence-electron chi connectivity index (χ0n) is 7.97. The molecule has 0 bridgehead atoms. The third-order valence-corrected chi connectivity index (χ3v) is 2.15. The second-order valence-corrected chi connectivity index (χ2v) is 3.15. The molecular formula is C11H10N2O2. The van der Waals surface area contributed by atoms with E-state index in [2.05, 4.69) is 10.3 Å². The molecule has 76 valence electrons. The summed E-state index contributed by atoms with van der Waals surface area (Å²) in [6.07, 6.45) is 0.676. The molecule has 0 aliphatic rings. The van der Waals surface area contributed by atoms with Crippen molar-refractivity contribution in [1.29, 1.82) is 0 Å². The summed E-state index contributed by atoms with van der Waals surface area (Å²) in [7, 11) is 0. The minimum absolute atomic E-state index is 0.281. The van der Waals surface area contributed by atoms with Crippen LogP contribution in [0.25, 0.3) is 10.9 Å². The summed E-state index contributed by atoms with van der Waals surface area (Å²) in [4.78, 5) is 14.6. The van der Waals surface area contributed by atoms with E-state index in [-0.39, 0.29) is 6.54 Å². The van der Waals surface area contributed by atoms with Gasteiger partial charge >= 0.3 is 6.09 Å². The fourth-order valence-electron chi connectivity index (χ4n) is 1.48. The Bertz CT molecular complexity index is 491. The quantitative estimate of drug-likeness (QED) is 0.782. The van der Waals surface area contributed by atoms with Crippen molar-refractivity contribution in [3.05, 3.63) is 42.1 Å². The van der Waals surface area contributed by atoms with Crippen molar-refractivity contribution >= 4 is 17.0 Å². The van der Waals surface area contributed by atoms with Crippen LogP contribution in [-0.4, -0.2) is 16.2 Å². The van der Waals surface area contributed by atoms with Gasteiger partial charge in [0.15, 0.2) is 0 Å². The van der Waals surface area contributed by atoms with E-state index in [1.54, 1.807) is 6.20 Å². The van der Waals surface area contributed by atoms with E-state index in [9.17, 15) is 4.79 Å². The van der Waals surface area contributed by atoms with E-state index in [1.807, 2.05) is 30.3 Å². The predicted octanol–water partition coefficient (Wildman–Crippen LogP) is 2.00. The summed E-state index contributed by atoms with van der Waals surface area (Å²) in [5.41, 5.74) is 1.73. The summed E-state index contributed by atoms with van der Waals surface area (Å²) in [5, 5.41) is 11.9. The maximum absolute atomic E-state index is 10.4. The molecule has 4 nitrogen and oxygen atoms in total. The number of benzene rings is 1. The molecule has 1 heterocycles. The number of fused-ring (bicyclic) bond motifs is 1. The van der Waals surface area contributed by atoms with Gasteiger partial charge in [0.1, 0.15) is 0 Å². The molecule has 0 atom stereocenters. The first-order valence-corrected chi connectivity index (χ1v) is 4.57. The van der Waals surface area contributed by atoms with Gasteiger partial charge < -0.3 is 10.4 Å². The molecule has 15 heavy (non-hydrogen) atoms. The number of carbonyl (C=O) groups is 1. The van der Waals surface area contributed by atoms with E-state index in [0.29, 0.717) is 0 Å². The number of hydrogen-bond acceptors (Lipinski definition) is 2. The molecule has 0 unspecified atom stereocenters. The van der Waals surface area contributed by atoms with Crippen molar-refractivity contribution in [2.45, 2.75) is 6.54 Å². The number of aromatic nitrogens is 1. The second-order valence-electron chi connectivity index (χ2n) is 3.15. The molecule has 0 saturated heterocycles. The van der Waals surface area contributed by atoms with Gasteiger partial charge in [0.25, 0.3) is 0 Å². The molecule has 0 spiro atoms. The summed E-state index contributed by atoms with van der Waals surface area (Å²) in [6.45, 7) is 0.281. The average molecular weight is 202 g/mol. The topological polar surface area (TPSA) is 62.2 Å². The van der Waals surface area contributed by atoms with Gasteiger partial charge in [-0.15, -0.1) is 0 Å². The number of nitrogens with one attached hydrogen (secondary N) is 1. The smallest absolute Gasteiger partial charge is 0.404 e. The Hall–Kier alpha value is -2.10. The SMILES string of the molecule is O=C(O)NCc1cccc2cccnc12. The largest absolute Gasteiger partial charge is 0.465 e. The Morgan fingerprint density at radius 3 is 2.93 bits per heavy atom. The highest BCUT2D eigenvalue weighted by atomic mass is 16.4. The van der Waals surface area contributed by atoms with E-state index in [0.717, 1.165) is 16.5 Å². The van der Waals surface area contributed by atoms with E-state index < -0.39 is 6.09 Å². The number of hydrogen-bond donors (Lipinski definition) is 2. The van der Waals surface area contributed by atoms with Gasteiger partial charge in [-0.1, -0.05) is 24.3 Å². The lowest BCUT2D eigenvalue weighted by molar-refractivity contribution is 0.194. The van der Waals surface area contributed by atoms with E-state index in [4.69, 9.17) is 5.11 Å². The van der Waals surface area contributed by atoms with E-state index in [1.165, 1.54) is 0 Å². The molecule has 0 aliphatic carbocycles. The van der Waals surface area contributed by atoms with Crippen molar-refractivity contribution < 1.29 is 9.90 Å². The fourth-order valence-corrected chi connectivity index (χ4v) is 1.48. The van der Waals surface area contributed by atoms with Gasteiger partial charge in [-0.2, -0.15) is 0 Å². The number of para-hydroxylation sites is 1. The van der Waals surface area contributed by atoms with Gasteiger partial charge in [-0.05, 0) is 11.6 Å². The standard InChI is InChI=1S/C11H10N2O2/c14-11(15)13-7-9-4-1-3-8-5-2-6-12-10(8)9/h1-6,13H,7H2,(H,14,15). The monoisotopic (exact) mass is 202 g/mol. The Morgan fingerprint density at radius 2 is 2.13 bits per heavy atom. The molecule has 1 amide bonds. The lowest BCUT2D eigenvalue weighted by atomic mass is 10.1. The lowest BCUT2D eigenvalue weighted by Gasteiger charge is -2.04. The summed E-state index contributed by atoms with van der Waals surface area (Å²) < 4.78 is 0. The molecule has 2 rings (SSSR count). The van der Waals surface area contributed by atoms with Crippen molar-refractivity contribution in [3.63, 3.8) is 0 Å². The van der Waals surface area contributed by atoms with Gasteiger partial charge in [0.05, 0.1) is 5.52 Å². The third kappa shape index (κ3) is 2.04. The number of carboxylic acid groups (broad SMARTS) is 1. The number of amides is 1. The third-order valence-electron chi connectivity index (χ3n) is 2.15. The van der Waals surface area contributed by atoms with Crippen LogP contribution in [-0.2, 0) is 6.54 Å². The van der Waals surface area contributed by atoms with Crippen molar-refractivity contribution in [2.75, 3.05) is 0 Å². The molecule has 1 aromatic carbocycles. The Kier molecular flexibility index (Phi) is 2.49. The normalized spacial score (nSPS) is 10.1. The summed E-state index contributed by atoms with van der Waals surface area (Å²) in [6, 6.07) is 9.52. The maximum Gasteiger partial charge on any atom is 0.404 e. The molecule has 0 aliphatic heterocycles. The van der Waals surface area contributed by atoms with Crippen LogP contribution in [0.1, 0.15) is 5.56 Å². The first kappa shape index (κ1) is 9.45. The highest BCUT2D eigenvalue weighted by Crippen LogP contribution is 2.15. The lowest BCUT2D eigenvalue weighted by Crippen LogP contribution is -2.20. The van der Waals surface area contributed by atoms with Crippen LogP contribution < -0.4 is 5.32 Å². The first-order valence-electron chi connectivity index (χ1n) is 4.57. The van der Waals surface area contributed by atoms with Crippen molar-refractivity contribution in [2.24, 2.45) is 0 Å². The maximum atomic E-state index is 10.4. The molecular weight excluding hydrogens is 192 g/mol. The summed E-state index contributed by atoms with van der Waals surface area (Å²) >= 11 is 0. The number of nitrogens with zero attached hydrogens (tertiary/aromatic N) is 1. The molecule has 1 aromatic heterocycles. The zero-order valence-corrected chi connectivity index (χ0v) is 7.97. The van der Waals surface area contributed by atoms with Gasteiger partial charge in [0, 0.05) is 18.1 Å². The molecule has 4 heteroatoms. The van der Waals surface area contributed by atoms with Crippen LogP contribution in [0.15, 0.2) is 36.5 Å². The minimum Gasteiger partial charge on any atom is -0.465 e. The van der Waals surface area contributed by atoms with Gasteiger partial charge in [-0.25, -0.2) is 4.79 Å². The van der Waals surface area contributed by atoms with E-state index >= 15 is 0 Å². The van der Waals surface area contributed by atoms with Crippen LogP contribution >= 0.6 is 0 Å².